The smallest absolute Gasteiger partial charge is 0.436 e. The second-order valence-corrected chi connectivity index (χ2v) is 6.49. The van der Waals surface area contributed by atoms with Crippen LogP contribution in [0.1, 0.15) is 42.4 Å². The molecule has 142 valence electrons. The zero-order valence-electron chi connectivity index (χ0n) is 15.1. The van der Waals surface area contributed by atoms with E-state index in [1.54, 1.807) is 6.92 Å². The third-order valence-electron chi connectivity index (χ3n) is 4.30. The molecule has 0 aliphatic carbocycles. The number of nitro groups is 1. The van der Waals surface area contributed by atoms with E-state index < -0.39 is 22.5 Å². The van der Waals surface area contributed by atoms with Crippen LogP contribution in [0, 0.1) is 10.1 Å². The standard InChI is InChI=1S/C17H19N5O5/c1-4-27-16(24)21-14(11-9-18-17(2,3)13(11)20-21)19-15(23)10-7-5-6-8-12(10)22(25)26/h5-8,18H,4,9H2,1-3H3,(H,19,23). The minimum absolute atomic E-state index is 0.113. The monoisotopic (exact) mass is 373 g/mol. The Balaban J connectivity index is 2.03. The van der Waals surface area contributed by atoms with Gasteiger partial charge in [0.05, 0.1) is 22.8 Å². The number of anilines is 1. The fraction of sp³-hybridized carbons (Fsp3) is 0.353. The van der Waals surface area contributed by atoms with Gasteiger partial charge in [-0.3, -0.25) is 14.9 Å². The number of aromatic nitrogens is 2. The Morgan fingerprint density at radius 2 is 2.11 bits per heavy atom. The molecule has 1 aliphatic rings. The molecular weight excluding hydrogens is 354 g/mol. The van der Waals surface area contributed by atoms with Gasteiger partial charge in [0.15, 0.2) is 0 Å². The highest BCUT2D eigenvalue weighted by Crippen LogP contribution is 2.35. The molecule has 3 rings (SSSR count). The van der Waals surface area contributed by atoms with Crippen molar-refractivity contribution in [3.05, 3.63) is 51.2 Å². The number of nitrogens with one attached hydrogen (secondary N) is 2. The molecule has 10 nitrogen and oxygen atoms in total. The van der Waals surface area contributed by atoms with Crippen LogP contribution in [-0.2, 0) is 16.8 Å². The van der Waals surface area contributed by atoms with Crippen LogP contribution >= 0.6 is 0 Å². The summed E-state index contributed by atoms with van der Waals surface area (Å²) in [5, 5.41) is 21.3. The number of fused-ring (bicyclic) bond motifs is 1. The Hall–Kier alpha value is -3.27. The first-order chi connectivity index (χ1) is 12.8. The molecule has 27 heavy (non-hydrogen) atoms. The molecule has 2 aromatic rings. The fourth-order valence-corrected chi connectivity index (χ4v) is 2.96. The van der Waals surface area contributed by atoms with Gasteiger partial charge in [0.2, 0.25) is 0 Å². The molecule has 1 amide bonds. The molecule has 0 atom stereocenters. The fourth-order valence-electron chi connectivity index (χ4n) is 2.96. The molecule has 1 aromatic heterocycles. The third kappa shape index (κ3) is 3.26. The lowest BCUT2D eigenvalue weighted by atomic mass is 10.0. The van der Waals surface area contributed by atoms with Crippen molar-refractivity contribution in [2.24, 2.45) is 0 Å². The maximum absolute atomic E-state index is 12.7. The molecule has 0 radical (unpaired) electrons. The van der Waals surface area contributed by atoms with E-state index in [4.69, 9.17) is 4.74 Å². The lowest BCUT2D eigenvalue weighted by molar-refractivity contribution is -0.385. The Labute approximate surface area is 154 Å². The Morgan fingerprint density at radius 3 is 2.78 bits per heavy atom. The van der Waals surface area contributed by atoms with Crippen molar-refractivity contribution in [1.29, 1.82) is 0 Å². The van der Waals surface area contributed by atoms with Gasteiger partial charge in [-0.2, -0.15) is 5.10 Å². The number of carbonyl (C=O) groups is 2. The van der Waals surface area contributed by atoms with E-state index in [0.717, 1.165) is 4.68 Å². The second-order valence-electron chi connectivity index (χ2n) is 6.49. The van der Waals surface area contributed by atoms with E-state index >= 15 is 0 Å². The minimum Gasteiger partial charge on any atom is -0.448 e. The molecule has 10 heteroatoms. The largest absolute Gasteiger partial charge is 0.448 e. The number of nitro benzene ring substituents is 1. The van der Waals surface area contributed by atoms with E-state index in [1.165, 1.54) is 24.3 Å². The molecule has 0 unspecified atom stereocenters. The average molecular weight is 373 g/mol. The highest BCUT2D eigenvalue weighted by molar-refractivity contribution is 6.07. The highest BCUT2D eigenvalue weighted by atomic mass is 16.6. The van der Waals surface area contributed by atoms with E-state index in [0.29, 0.717) is 17.8 Å². The Morgan fingerprint density at radius 1 is 1.41 bits per heavy atom. The summed E-state index contributed by atoms with van der Waals surface area (Å²) in [5.74, 6) is -0.565. The molecule has 2 N–H and O–H groups in total. The van der Waals surface area contributed by atoms with Crippen molar-refractivity contribution in [2.45, 2.75) is 32.9 Å². The van der Waals surface area contributed by atoms with E-state index in [9.17, 15) is 19.7 Å². The van der Waals surface area contributed by atoms with Crippen LogP contribution in [0.2, 0.25) is 0 Å². The quantitative estimate of drug-likeness (QED) is 0.622. The van der Waals surface area contributed by atoms with Crippen molar-refractivity contribution < 1.29 is 19.2 Å². The van der Waals surface area contributed by atoms with Crippen LogP contribution in [0.5, 0.6) is 0 Å². The van der Waals surface area contributed by atoms with Crippen LogP contribution in [-0.4, -0.2) is 33.3 Å². The second kappa shape index (κ2) is 6.80. The van der Waals surface area contributed by atoms with E-state index in [2.05, 4.69) is 15.7 Å². The summed E-state index contributed by atoms with van der Waals surface area (Å²) in [6, 6.07) is 5.59. The lowest BCUT2D eigenvalue weighted by Gasteiger charge is -2.17. The van der Waals surface area contributed by atoms with Gasteiger partial charge in [0.1, 0.15) is 11.4 Å². The Bertz CT molecular complexity index is 934. The van der Waals surface area contributed by atoms with Crippen molar-refractivity contribution in [1.82, 2.24) is 15.1 Å². The maximum atomic E-state index is 12.7. The summed E-state index contributed by atoms with van der Waals surface area (Å²) in [4.78, 5) is 35.5. The van der Waals surface area contributed by atoms with Crippen LogP contribution in [0.4, 0.5) is 16.3 Å². The molecular formula is C17H19N5O5. The van der Waals surface area contributed by atoms with Crippen molar-refractivity contribution in [3.63, 3.8) is 0 Å². The molecule has 0 bridgehead atoms. The zero-order valence-corrected chi connectivity index (χ0v) is 15.1. The van der Waals surface area contributed by atoms with Crippen LogP contribution in [0.3, 0.4) is 0 Å². The SMILES string of the molecule is CCOC(=O)n1nc2c(c1NC(=O)c1ccccc1[N+](=O)[O-])CNC2(C)C. The molecule has 1 aromatic carbocycles. The first kappa shape index (κ1) is 18.5. The number of amides is 1. The summed E-state index contributed by atoms with van der Waals surface area (Å²) in [6.45, 7) is 5.98. The highest BCUT2D eigenvalue weighted by Gasteiger charge is 2.38. The number of hydrogen-bond donors (Lipinski definition) is 2. The Kier molecular flexibility index (Phi) is 4.66. The van der Waals surface area contributed by atoms with E-state index in [-0.39, 0.29) is 23.7 Å². The minimum atomic E-state index is -0.736. The summed E-state index contributed by atoms with van der Waals surface area (Å²) in [7, 11) is 0. The number of carbonyl (C=O) groups excluding carboxylic acids is 2. The first-order valence-corrected chi connectivity index (χ1v) is 8.35. The van der Waals surface area contributed by atoms with Crippen LogP contribution in [0.15, 0.2) is 24.3 Å². The molecule has 1 aliphatic heterocycles. The summed E-state index contributed by atoms with van der Waals surface area (Å²) in [6.07, 6.45) is -0.736. The number of rotatable bonds is 4. The van der Waals surface area contributed by atoms with Gasteiger partial charge < -0.3 is 15.4 Å². The van der Waals surface area contributed by atoms with Gasteiger partial charge in [-0.05, 0) is 26.8 Å². The van der Waals surface area contributed by atoms with Gasteiger partial charge in [0, 0.05) is 18.2 Å². The molecule has 0 spiro atoms. The number of hydrogen-bond acceptors (Lipinski definition) is 7. The first-order valence-electron chi connectivity index (χ1n) is 8.35. The van der Waals surface area contributed by atoms with Gasteiger partial charge in [-0.25, -0.2) is 4.79 Å². The summed E-state index contributed by atoms with van der Waals surface area (Å²) in [5.41, 5.74) is 0.310. The molecule has 0 saturated carbocycles. The predicted molar refractivity (Wildman–Crippen MR) is 95.6 cm³/mol. The molecule has 2 heterocycles. The van der Waals surface area contributed by atoms with E-state index in [1.807, 2.05) is 13.8 Å². The van der Waals surface area contributed by atoms with Gasteiger partial charge in [0.25, 0.3) is 11.6 Å². The zero-order chi connectivity index (χ0) is 19.8. The molecule has 0 fully saturated rings. The van der Waals surface area contributed by atoms with Crippen LogP contribution < -0.4 is 10.6 Å². The average Bonchev–Trinajstić information content (AvgIpc) is 3.13. The number of para-hydroxylation sites is 1. The van der Waals surface area contributed by atoms with Crippen molar-refractivity contribution in [2.75, 3.05) is 11.9 Å². The normalized spacial score (nSPS) is 14.5. The summed E-state index contributed by atoms with van der Waals surface area (Å²) < 4.78 is 5.99. The van der Waals surface area contributed by atoms with Gasteiger partial charge in [-0.1, -0.05) is 12.1 Å². The number of benzene rings is 1. The predicted octanol–water partition coefficient (Wildman–Crippen LogP) is 2.39. The maximum Gasteiger partial charge on any atom is 0.436 e. The topological polar surface area (TPSA) is 128 Å². The van der Waals surface area contributed by atoms with Crippen molar-refractivity contribution >= 4 is 23.5 Å². The van der Waals surface area contributed by atoms with Crippen molar-refractivity contribution in [3.8, 4) is 0 Å². The third-order valence-corrected chi connectivity index (χ3v) is 4.30. The molecule has 0 saturated heterocycles. The number of ether oxygens (including phenoxy) is 1. The lowest BCUT2D eigenvalue weighted by Crippen LogP contribution is -2.31. The number of nitrogens with zero attached hydrogens (tertiary/aromatic N) is 3. The van der Waals surface area contributed by atoms with Crippen LogP contribution in [0.25, 0.3) is 0 Å². The van der Waals surface area contributed by atoms with Gasteiger partial charge >= 0.3 is 6.09 Å². The van der Waals surface area contributed by atoms with Gasteiger partial charge in [-0.15, -0.1) is 4.68 Å². The summed E-state index contributed by atoms with van der Waals surface area (Å²) >= 11 is 0.